The van der Waals surface area contributed by atoms with Gasteiger partial charge in [0.2, 0.25) is 0 Å². The average molecular weight is 272 g/mol. The normalized spacial score (nSPS) is 10.5. The van der Waals surface area contributed by atoms with Crippen molar-refractivity contribution in [2.45, 2.75) is 6.92 Å². The van der Waals surface area contributed by atoms with Crippen molar-refractivity contribution in [3.8, 4) is 0 Å². The zero-order chi connectivity index (χ0) is 8.55. The van der Waals surface area contributed by atoms with Gasteiger partial charge in [0.25, 0.3) is 0 Å². The third-order valence-electron chi connectivity index (χ3n) is 1.44. The Kier molecular flexibility index (Phi) is 1.87. The van der Waals surface area contributed by atoms with E-state index >= 15 is 0 Å². The monoisotopic (exact) mass is 272 g/mol. The molecule has 0 atom stereocenters. The van der Waals surface area contributed by atoms with E-state index in [4.69, 9.17) is 0 Å². The van der Waals surface area contributed by atoms with E-state index in [0.29, 0.717) is 11.3 Å². The first-order valence-corrected chi connectivity index (χ1v) is 4.46. The van der Waals surface area contributed by atoms with Crippen LogP contribution in [0.4, 0.5) is 0 Å². The van der Waals surface area contributed by atoms with E-state index in [0.717, 1.165) is 9.39 Å². The summed E-state index contributed by atoms with van der Waals surface area (Å²) in [5.41, 5.74) is 2.10. The molecule has 0 aliphatic rings. The van der Waals surface area contributed by atoms with Gasteiger partial charge in [0.15, 0.2) is 11.3 Å². The number of rotatable bonds is 0. The van der Waals surface area contributed by atoms with Gasteiger partial charge in [-0.3, -0.25) is 0 Å². The molecular weight excluding hydrogens is 267 g/mol. The molecule has 0 unspecified atom stereocenters. The standard InChI is InChI=1S/C7H5IN4/c1-4-5(8)12-7-6(11-4)9-2-3-10-7/h2-3H,1H3. The summed E-state index contributed by atoms with van der Waals surface area (Å²) in [6.45, 7) is 1.91. The van der Waals surface area contributed by atoms with Crippen LogP contribution in [0.25, 0.3) is 11.3 Å². The molecule has 2 rings (SSSR count). The fraction of sp³-hybridized carbons (Fsp3) is 0.143. The second-order valence-corrected chi connectivity index (χ2v) is 3.33. The lowest BCUT2D eigenvalue weighted by Gasteiger charge is -1.97. The van der Waals surface area contributed by atoms with Crippen LogP contribution in [0.3, 0.4) is 0 Å². The molecule has 60 valence electrons. The van der Waals surface area contributed by atoms with Gasteiger partial charge >= 0.3 is 0 Å². The Hall–Kier alpha value is -0.850. The first-order valence-electron chi connectivity index (χ1n) is 3.38. The van der Waals surface area contributed by atoms with E-state index < -0.39 is 0 Å². The molecule has 0 N–H and O–H groups in total. The highest BCUT2D eigenvalue weighted by atomic mass is 127. The molecular formula is C7H5IN4. The zero-order valence-corrected chi connectivity index (χ0v) is 8.48. The summed E-state index contributed by atoms with van der Waals surface area (Å²) in [6.07, 6.45) is 3.23. The van der Waals surface area contributed by atoms with E-state index in [-0.39, 0.29) is 0 Å². The van der Waals surface area contributed by atoms with E-state index in [1.165, 1.54) is 0 Å². The number of halogens is 1. The fourth-order valence-corrected chi connectivity index (χ4v) is 1.21. The highest BCUT2D eigenvalue weighted by Gasteiger charge is 2.02. The number of hydrogen-bond acceptors (Lipinski definition) is 4. The molecule has 0 aliphatic carbocycles. The number of nitrogens with zero attached hydrogens (tertiary/aromatic N) is 4. The van der Waals surface area contributed by atoms with Crippen molar-refractivity contribution >= 4 is 33.9 Å². The summed E-state index contributed by atoms with van der Waals surface area (Å²) in [7, 11) is 0. The third kappa shape index (κ3) is 1.24. The largest absolute Gasteiger partial charge is 0.232 e. The summed E-state index contributed by atoms with van der Waals surface area (Å²) < 4.78 is 0.876. The van der Waals surface area contributed by atoms with Gasteiger partial charge < -0.3 is 0 Å². The predicted octanol–water partition coefficient (Wildman–Crippen LogP) is 1.33. The molecule has 0 aliphatic heterocycles. The Morgan fingerprint density at radius 1 is 1.08 bits per heavy atom. The maximum absolute atomic E-state index is 4.23. The average Bonchev–Trinajstić information content (AvgIpc) is 2.07. The molecule has 4 nitrogen and oxygen atoms in total. The molecule has 0 bridgehead atoms. The first-order chi connectivity index (χ1) is 5.77. The third-order valence-corrected chi connectivity index (χ3v) is 2.46. The Labute approximate surface area is 82.6 Å². The predicted molar refractivity (Wildman–Crippen MR) is 52.6 cm³/mol. The van der Waals surface area contributed by atoms with Gasteiger partial charge in [0.1, 0.15) is 3.70 Å². The number of hydrogen-bond donors (Lipinski definition) is 0. The quantitative estimate of drug-likeness (QED) is 0.679. The van der Waals surface area contributed by atoms with Gasteiger partial charge in [-0.15, -0.1) is 0 Å². The van der Waals surface area contributed by atoms with E-state index in [9.17, 15) is 0 Å². The number of aryl methyl sites for hydroxylation is 1. The fourth-order valence-electron chi connectivity index (χ4n) is 0.860. The molecule has 0 aromatic carbocycles. The van der Waals surface area contributed by atoms with Crippen molar-refractivity contribution in [3.05, 3.63) is 21.8 Å². The maximum atomic E-state index is 4.23. The Morgan fingerprint density at radius 2 is 1.67 bits per heavy atom. The zero-order valence-electron chi connectivity index (χ0n) is 6.32. The van der Waals surface area contributed by atoms with Gasteiger partial charge in [-0.25, -0.2) is 19.9 Å². The van der Waals surface area contributed by atoms with Gasteiger partial charge in [0.05, 0.1) is 5.69 Å². The lowest BCUT2D eigenvalue weighted by atomic mass is 10.5. The molecule has 2 heterocycles. The molecule has 12 heavy (non-hydrogen) atoms. The highest BCUT2D eigenvalue weighted by molar-refractivity contribution is 14.1. The van der Waals surface area contributed by atoms with Crippen LogP contribution in [0.2, 0.25) is 0 Å². The Balaban J connectivity index is 2.84. The van der Waals surface area contributed by atoms with Gasteiger partial charge in [0, 0.05) is 12.4 Å². The van der Waals surface area contributed by atoms with Crippen molar-refractivity contribution < 1.29 is 0 Å². The minimum Gasteiger partial charge on any atom is -0.232 e. The van der Waals surface area contributed by atoms with Gasteiger partial charge in [-0.05, 0) is 29.5 Å². The van der Waals surface area contributed by atoms with E-state index in [1.807, 2.05) is 6.92 Å². The minimum atomic E-state index is 0.604. The molecule has 0 spiro atoms. The molecule has 2 aromatic heterocycles. The summed E-state index contributed by atoms with van der Waals surface area (Å²) in [5, 5.41) is 0. The molecule has 0 radical (unpaired) electrons. The van der Waals surface area contributed by atoms with Crippen LogP contribution in [0.5, 0.6) is 0 Å². The van der Waals surface area contributed by atoms with Crippen molar-refractivity contribution in [2.75, 3.05) is 0 Å². The lowest BCUT2D eigenvalue weighted by Crippen LogP contribution is -1.96. The molecule has 0 fully saturated rings. The highest BCUT2D eigenvalue weighted by Crippen LogP contribution is 2.09. The van der Waals surface area contributed by atoms with Crippen molar-refractivity contribution in [1.29, 1.82) is 0 Å². The van der Waals surface area contributed by atoms with Crippen LogP contribution < -0.4 is 0 Å². The smallest absolute Gasteiger partial charge is 0.198 e. The molecule has 0 saturated heterocycles. The van der Waals surface area contributed by atoms with E-state index in [1.54, 1.807) is 12.4 Å². The Morgan fingerprint density at radius 3 is 2.33 bits per heavy atom. The summed E-state index contributed by atoms with van der Waals surface area (Å²) in [4.78, 5) is 16.5. The second kappa shape index (κ2) is 2.89. The molecule has 2 aromatic rings. The van der Waals surface area contributed by atoms with Crippen molar-refractivity contribution in [2.24, 2.45) is 0 Å². The van der Waals surface area contributed by atoms with Crippen LogP contribution in [0.15, 0.2) is 12.4 Å². The van der Waals surface area contributed by atoms with Gasteiger partial charge in [-0.2, -0.15) is 0 Å². The number of aromatic nitrogens is 4. The summed E-state index contributed by atoms with van der Waals surface area (Å²) in [6, 6.07) is 0. The topological polar surface area (TPSA) is 51.6 Å². The van der Waals surface area contributed by atoms with Crippen LogP contribution in [-0.4, -0.2) is 19.9 Å². The maximum Gasteiger partial charge on any atom is 0.198 e. The van der Waals surface area contributed by atoms with Crippen LogP contribution in [-0.2, 0) is 0 Å². The summed E-state index contributed by atoms with van der Waals surface area (Å²) in [5.74, 6) is 0. The van der Waals surface area contributed by atoms with Crippen LogP contribution in [0, 0.1) is 10.6 Å². The van der Waals surface area contributed by atoms with Crippen molar-refractivity contribution in [1.82, 2.24) is 19.9 Å². The first kappa shape index (κ1) is 7.78. The molecule has 0 amide bonds. The molecule has 0 saturated carbocycles. The lowest BCUT2D eigenvalue weighted by molar-refractivity contribution is 1.08. The minimum absolute atomic E-state index is 0.604. The van der Waals surface area contributed by atoms with E-state index in [2.05, 4.69) is 42.5 Å². The second-order valence-electron chi connectivity index (χ2n) is 2.30. The number of fused-ring (bicyclic) bond motifs is 1. The summed E-state index contributed by atoms with van der Waals surface area (Å²) >= 11 is 2.13. The molecule has 5 heteroatoms. The van der Waals surface area contributed by atoms with Crippen molar-refractivity contribution in [3.63, 3.8) is 0 Å². The van der Waals surface area contributed by atoms with Crippen LogP contribution in [0.1, 0.15) is 5.69 Å². The van der Waals surface area contributed by atoms with Gasteiger partial charge in [-0.1, -0.05) is 0 Å². The SMILES string of the molecule is Cc1nc2nccnc2nc1I. The van der Waals surface area contributed by atoms with Crippen LogP contribution >= 0.6 is 22.6 Å². The Bertz CT molecular complexity index is 388.